The third-order valence-electron chi connectivity index (χ3n) is 3.39. The Labute approximate surface area is 117 Å². The number of nitrogens with zero attached hydrogens (tertiary/aromatic N) is 2. The first-order valence-corrected chi connectivity index (χ1v) is 7.45. The number of halogens is 1. The van der Waals surface area contributed by atoms with Crippen molar-refractivity contribution < 1.29 is 4.74 Å². The maximum Gasteiger partial charge on any atom is 0.0658 e. The van der Waals surface area contributed by atoms with E-state index in [1.165, 1.54) is 18.5 Å². The van der Waals surface area contributed by atoms with Crippen molar-refractivity contribution in [3.05, 3.63) is 16.4 Å². The van der Waals surface area contributed by atoms with Gasteiger partial charge >= 0.3 is 0 Å². The predicted molar refractivity (Wildman–Crippen MR) is 75.9 cm³/mol. The van der Waals surface area contributed by atoms with Gasteiger partial charge in [-0.1, -0.05) is 6.92 Å². The maximum atomic E-state index is 5.12. The van der Waals surface area contributed by atoms with Crippen molar-refractivity contribution in [1.82, 2.24) is 15.1 Å². The highest BCUT2D eigenvalue weighted by Crippen LogP contribution is 2.27. The minimum absolute atomic E-state index is 0.505. The molecule has 0 aromatic carbocycles. The molecular formula is C13H22BrN3O. The number of ether oxygens (including phenoxy) is 1. The molecule has 1 heterocycles. The van der Waals surface area contributed by atoms with Crippen LogP contribution in [-0.4, -0.2) is 36.1 Å². The lowest BCUT2D eigenvalue weighted by atomic mass is 10.0. The van der Waals surface area contributed by atoms with Crippen molar-refractivity contribution in [1.29, 1.82) is 0 Å². The van der Waals surface area contributed by atoms with Gasteiger partial charge in [-0.15, -0.1) is 0 Å². The van der Waals surface area contributed by atoms with Crippen LogP contribution in [0.25, 0.3) is 0 Å². The minimum atomic E-state index is 0.505. The van der Waals surface area contributed by atoms with E-state index in [0.717, 1.165) is 30.0 Å². The largest absolute Gasteiger partial charge is 0.383 e. The van der Waals surface area contributed by atoms with E-state index in [-0.39, 0.29) is 0 Å². The first kappa shape index (κ1) is 14.0. The molecular weight excluding hydrogens is 294 g/mol. The molecule has 0 bridgehead atoms. The molecule has 2 rings (SSSR count). The summed E-state index contributed by atoms with van der Waals surface area (Å²) in [4.78, 5) is 0. The van der Waals surface area contributed by atoms with Gasteiger partial charge in [-0.25, -0.2) is 0 Å². The van der Waals surface area contributed by atoms with Crippen molar-refractivity contribution in [3.63, 3.8) is 0 Å². The highest BCUT2D eigenvalue weighted by atomic mass is 79.9. The molecule has 1 N–H and O–H groups in total. The average molecular weight is 316 g/mol. The lowest BCUT2D eigenvalue weighted by molar-refractivity contribution is 0.182. The van der Waals surface area contributed by atoms with Crippen LogP contribution in [0.4, 0.5) is 0 Å². The number of hydrogen-bond donors (Lipinski definition) is 1. The molecule has 102 valence electrons. The summed E-state index contributed by atoms with van der Waals surface area (Å²) < 4.78 is 8.28. The van der Waals surface area contributed by atoms with Crippen molar-refractivity contribution in [3.8, 4) is 0 Å². The summed E-state index contributed by atoms with van der Waals surface area (Å²) in [7, 11) is 1.72. The molecule has 4 nitrogen and oxygen atoms in total. The van der Waals surface area contributed by atoms with Gasteiger partial charge in [0.05, 0.1) is 29.5 Å². The number of hydrogen-bond acceptors (Lipinski definition) is 3. The zero-order chi connectivity index (χ0) is 13.0. The lowest BCUT2D eigenvalue weighted by Crippen LogP contribution is -2.20. The summed E-state index contributed by atoms with van der Waals surface area (Å²) in [6, 6.07) is 0.791. The Hall–Kier alpha value is -0.390. The van der Waals surface area contributed by atoms with Crippen LogP contribution in [0.1, 0.15) is 37.8 Å². The predicted octanol–water partition coefficient (Wildman–Crippen LogP) is 2.54. The Balaban J connectivity index is 1.89. The molecule has 1 aliphatic rings. The second-order valence-electron chi connectivity index (χ2n) is 5.01. The maximum absolute atomic E-state index is 5.12. The van der Waals surface area contributed by atoms with Crippen molar-refractivity contribution in [2.45, 2.75) is 44.7 Å². The highest BCUT2D eigenvalue weighted by molar-refractivity contribution is 9.10. The quantitative estimate of drug-likeness (QED) is 0.801. The van der Waals surface area contributed by atoms with Gasteiger partial charge in [0.25, 0.3) is 0 Å². The van der Waals surface area contributed by atoms with E-state index in [0.29, 0.717) is 12.5 Å². The van der Waals surface area contributed by atoms with Crippen molar-refractivity contribution in [2.75, 3.05) is 20.3 Å². The monoisotopic (exact) mass is 315 g/mol. The number of rotatable bonds is 8. The molecule has 1 fully saturated rings. The van der Waals surface area contributed by atoms with E-state index in [9.17, 15) is 0 Å². The first-order chi connectivity index (χ1) is 8.72. The molecule has 18 heavy (non-hydrogen) atoms. The summed E-state index contributed by atoms with van der Waals surface area (Å²) in [5.41, 5.74) is 1.28. The van der Waals surface area contributed by atoms with Gasteiger partial charge in [-0.05, 0) is 41.7 Å². The number of nitrogens with one attached hydrogen (secondary N) is 1. The SMILES string of the molecule is COCCn1ncc(Br)c1C(C)CCNC1CC1. The van der Waals surface area contributed by atoms with E-state index >= 15 is 0 Å². The molecule has 1 aromatic rings. The van der Waals surface area contributed by atoms with E-state index < -0.39 is 0 Å². The fourth-order valence-corrected chi connectivity index (χ4v) is 2.83. The van der Waals surface area contributed by atoms with E-state index in [1.807, 2.05) is 6.20 Å². The fraction of sp³-hybridized carbons (Fsp3) is 0.769. The molecule has 0 amide bonds. The molecule has 1 atom stereocenters. The Morgan fingerprint density at radius 1 is 1.61 bits per heavy atom. The average Bonchev–Trinajstić information content (AvgIpc) is 3.09. The highest BCUT2D eigenvalue weighted by Gasteiger charge is 2.21. The number of methoxy groups -OCH3 is 1. The summed E-state index contributed by atoms with van der Waals surface area (Å²) in [6.07, 6.45) is 5.73. The fourth-order valence-electron chi connectivity index (χ4n) is 2.15. The zero-order valence-corrected chi connectivity index (χ0v) is 12.7. The molecule has 0 aliphatic heterocycles. The molecule has 1 aliphatic carbocycles. The smallest absolute Gasteiger partial charge is 0.0658 e. The van der Waals surface area contributed by atoms with Gasteiger partial charge in [0.2, 0.25) is 0 Å². The van der Waals surface area contributed by atoms with Crippen LogP contribution in [0.2, 0.25) is 0 Å². The summed E-state index contributed by atoms with van der Waals surface area (Å²) >= 11 is 3.60. The van der Waals surface area contributed by atoms with Crippen LogP contribution < -0.4 is 5.32 Å². The van der Waals surface area contributed by atoms with Crippen LogP contribution in [0, 0.1) is 0 Å². The topological polar surface area (TPSA) is 39.1 Å². The Morgan fingerprint density at radius 2 is 2.39 bits per heavy atom. The van der Waals surface area contributed by atoms with Crippen molar-refractivity contribution >= 4 is 15.9 Å². The van der Waals surface area contributed by atoms with E-state index in [1.54, 1.807) is 7.11 Å². The Morgan fingerprint density at radius 3 is 3.06 bits per heavy atom. The van der Waals surface area contributed by atoms with E-state index in [4.69, 9.17) is 4.74 Å². The van der Waals surface area contributed by atoms with Gasteiger partial charge in [0, 0.05) is 19.1 Å². The molecule has 1 unspecified atom stereocenters. The van der Waals surface area contributed by atoms with Gasteiger partial charge in [-0.2, -0.15) is 5.10 Å². The van der Waals surface area contributed by atoms with Crippen molar-refractivity contribution in [2.24, 2.45) is 0 Å². The van der Waals surface area contributed by atoms with Gasteiger partial charge < -0.3 is 10.1 Å². The standard InChI is InChI=1S/C13H22BrN3O/c1-10(5-6-15-11-3-4-11)13-12(14)9-16-17(13)7-8-18-2/h9-11,15H,3-8H2,1-2H3. The molecule has 5 heteroatoms. The summed E-state index contributed by atoms with van der Waals surface area (Å²) in [5, 5.41) is 7.96. The second-order valence-corrected chi connectivity index (χ2v) is 5.87. The second kappa shape index (κ2) is 6.68. The van der Waals surface area contributed by atoms with Crippen LogP contribution in [0.5, 0.6) is 0 Å². The Bertz CT molecular complexity index is 376. The summed E-state index contributed by atoms with van der Waals surface area (Å²) in [6.45, 7) is 4.87. The first-order valence-electron chi connectivity index (χ1n) is 6.66. The van der Waals surface area contributed by atoms with Gasteiger partial charge in [-0.3, -0.25) is 4.68 Å². The zero-order valence-electron chi connectivity index (χ0n) is 11.2. The minimum Gasteiger partial charge on any atom is -0.383 e. The van der Waals surface area contributed by atoms with Gasteiger partial charge in [0.1, 0.15) is 0 Å². The molecule has 0 radical (unpaired) electrons. The molecule has 0 saturated heterocycles. The third-order valence-corrected chi connectivity index (χ3v) is 4.01. The van der Waals surface area contributed by atoms with Crippen LogP contribution in [-0.2, 0) is 11.3 Å². The summed E-state index contributed by atoms with van der Waals surface area (Å²) in [5.74, 6) is 0.505. The normalized spacial score (nSPS) is 17.1. The van der Waals surface area contributed by atoms with Crippen LogP contribution in [0.15, 0.2) is 10.7 Å². The Kier molecular flexibility index (Phi) is 5.21. The van der Waals surface area contributed by atoms with E-state index in [2.05, 4.69) is 38.0 Å². The third kappa shape index (κ3) is 3.80. The van der Waals surface area contributed by atoms with Crippen LogP contribution >= 0.6 is 15.9 Å². The van der Waals surface area contributed by atoms with Crippen LogP contribution in [0.3, 0.4) is 0 Å². The molecule has 1 aromatic heterocycles. The number of aromatic nitrogens is 2. The molecule has 0 spiro atoms. The van der Waals surface area contributed by atoms with Gasteiger partial charge in [0.15, 0.2) is 0 Å². The molecule has 1 saturated carbocycles. The lowest BCUT2D eigenvalue weighted by Gasteiger charge is -2.15.